The number of carbonyl (C=O) groups excluding carboxylic acids is 1. The number of carbonyl (C=O) groups is 1. The van der Waals surface area contributed by atoms with Gasteiger partial charge in [0.15, 0.2) is 5.11 Å². The summed E-state index contributed by atoms with van der Waals surface area (Å²) >= 11 is 11.2. The highest BCUT2D eigenvalue weighted by Gasteiger charge is 2.03. The van der Waals surface area contributed by atoms with E-state index in [4.69, 9.17) is 28.6 Å². The summed E-state index contributed by atoms with van der Waals surface area (Å²) < 4.78 is 5.51. The predicted molar refractivity (Wildman–Crippen MR) is 107 cm³/mol. The molecule has 2 aromatic carbocycles. The first-order valence-electron chi connectivity index (χ1n) is 7.86. The first-order valence-corrected chi connectivity index (χ1v) is 8.64. The van der Waals surface area contributed by atoms with E-state index < -0.39 is 0 Å². The molecular formula is C19H19ClN2O2S. The molecule has 25 heavy (non-hydrogen) atoms. The molecule has 0 bridgehead atoms. The van der Waals surface area contributed by atoms with Crippen LogP contribution < -0.4 is 15.4 Å². The number of thiocarbonyl (C=S) groups is 1. The zero-order valence-electron chi connectivity index (χ0n) is 13.8. The molecule has 0 radical (unpaired) electrons. The zero-order chi connectivity index (χ0) is 18.1. The molecule has 4 nitrogen and oxygen atoms in total. The van der Waals surface area contributed by atoms with Gasteiger partial charge in [-0.15, -0.1) is 0 Å². The molecule has 0 aliphatic rings. The van der Waals surface area contributed by atoms with E-state index >= 15 is 0 Å². The van der Waals surface area contributed by atoms with Crippen molar-refractivity contribution in [1.29, 1.82) is 0 Å². The molecule has 0 fully saturated rings. The number of amides is 1. The van der Waals surface area contributed by atoms with Crippen molar-refractivity contribution in [2.24, 2.45) is 0 Å². The number of nitrogens with one attached hydrogen (secondary N) is 2. The molecule has 0 unspecified atom stereocenters. The third-order valence-corrected chi connectivity index (χ3v) is 3.69. The van der Waals surface area contributed by atoms with E-state index in [0.29, 0.717) is 11.6 Å². The van der Waals surface area contributed by atoms with E-state index in [1.165, 1.54) is 6.08 Å². The van der Waals surface area contributed by atoms with E-state index in [2.05, 4.69) is 17.6 Å². The van der Waals surface area contributed by atoms with Gasteiger partial charge in [0.05, 0.1) is 6.61 Å². The molecule has 0 aromatic heterocycles. The molecule has 0 aliphatic heterocycles. The summed E-state index contributed by atoms with van der Waals surface area (Å²) in [6.07, 6.45) is 3.98. The molecule has 0 saturated heterocycles. The maximum absolute atomic E-state index is 11.9. The zero-order valence-corrected chi connectivity index (χ0v) is 15.4. The summed E-state index contributed by atoms with van der Waals surface area (Å²) in [5, 5.41) is 6.34. The van der Waals surface area contributed by atoms with Gasteiger partial charge in [-0.05, 0) is 60.6 Å². The van der Waals surface area contributed by atoms with Crippen molar-refractivity contribution in [3.63, 3.8) is 0 Å². The smallest absolute Gasteiger partial charge is 0.250 e. The lowest BCUT2D eigenvalue weighted by atomic mass is 10.2. The minimum atomic E-state index is -0.333. The molecule has 6 heteroatoms. The Kier molecular flexibility index (Phi) is 7.44. The van der Waals surface area contributed by atoms with Gasteiger partial charge in [-0.3, -0.25) is 10.1 Å². The number of ether oxygens (including phenoxy) is 1. The van der Waals surface area contributed by atoms with Crippen LogP contribution in [0.3, 0.4) is 0 Å². The number of hydrogen-bond acceptors (Lipinski definition) is 3. The second-order valence-electron chi connectivity index (χ2n) is 5.17. The Morgan fingerprint density at radius 3 is 2.60 bits per heavy atom. The highest BCUT2D eigenvalue weighted by Crippen LogP contribution is 2.17. The summed E-state index contributed by atoms with van der Waals surface area (Å²) in [7, 11) is 0. The molecule has 0 aliphatic carbocycles. The monoisotopic (exact) mass is 374 g/mol. The number of benzene rings is 2. The van der Waals surface area contributed by atoms with Crippen LogP contribution in [0.1, 0.15) is 18.9 Å². The Labute approximate surface area is 157 Å². The molecule has 0 atom stereocenters. The molecular weight excluding hydrogens is 356 g/mol. The van der Waals surface area contributed by atoms with E-state index in [1.807, 2.05) is 42.5 Å². The van der Waals surface area contributed by atoms with Gasteiger partial charge in [0.1, 0.15) is 5.75 Å². The highest BCUT2D eigenvalue weighted by molar-refractivity contribution is 7.80. The Morgan fingerprint density at radius 2 is 1.92 bits per heavy atom. The van der Waals surface area contributed by atoms with Crippen LogP contribution in [-0.4, -0.2) is 17.6 Å². The van der Waals surface area contributed by atoms with Gasteiger partial charge in [-0.25, -0.2) is 0 Å². The van der Waals surface area contributed by atoms with Crippen molar-refractivity contribution < 1.29 is 9.53 Å². The molecule has 2 N–H and O–H groups in total. The van der Waals surface area contributed by atoms with E-state index in [-0.39, 0.29) is 11.0 Å². The normalized spacial score (nSPS) is 10.5. The fourth-order valence-corrected chi connectivity index (χ4v) is 2.36. The lowest BCUT2D eigenvalue weighted by Gasteiger charge is -2.09. The Hall–Kier alpha value is -2.37. The molecule has 2 rings (SSSR count). The summed E-state index contributed by atoms with van der Waals surface area (Å²) in [4.78, 5) is 11.9. The molecule has 130 valence electrons. The quantitative estimate of drug-likeness (QED) is 0.570. The van der Waals surface area contributed by atoms with Gasteiger partial charge in [0.2, 0.25) is 5.91 Å². The van der Waals surface area contributed by atoms with Gasteiger partial charge in [0.25, 0.3) is 0 Å². The third kappa shape index (κ3) is 6.57. The van der Waals surface area contributed by atoms with Crippen molar-refractivity contribution in [3.05, 3.63) is 65.2 Å². The molecule has 0 heterocycles. The summed E-state index contributed by atoms with van der Waals surface area (Å²) in [5.41, 5.74) is 1.53. The second kappa shape index (κ2) is 9.81. The number of halogens is 1. The van der Waals surface area contributed by atoms with Gasteiger partial charge in [0, 0.05) is 16.8 Å². The van der Waals surface area contributed by atoms with Crippen molar-refractivity contribution in [2.75, 3.05) is 11.9 Å². The minimum absolute atomic E-state index is 0.219. The average Bonchev–Trinajstić information content (AvgIpc) is 2.60. The Bertz CT molecular complexity index is 760. The fourth-order valence-electron chi connectivity index (χ4n) is 1.95. The third-order valence-electron chi connectivity index (χ3n) is 3.14. The first kappa shape index (κ1) is 19.0. The predicted octanol–water partition coefficient (Wildman–Crippen LogP) is 4.66. The molecule has 1 amide bonds. The van der Waals surface area contributed by atoms with Crippen LogP contribution in [0.25, 0.3) is 6.08 Å². The van der Waals surface area contributed by atoms with Gasteiger partial charge in [-0.1, -0.05) is 36.7 Å². The van der Waals surface area contributed by atoms with Crippen LogP contribution in [0.15, 0.2) is 54.6 Å². The number of anilines is 1. The highest BCUT2D eigenvalue weighted by atomic mass is 35.5. The van der Waals surface area contributed by atoms with Crippen molar-refractivity contribution >= 4 is 46.6 Å². The maximum atomic E-state index is 11.9. The van der Waals surface area contributed by atoms with Crippen LogP contribution in [0.5, 0.6) is 5.75 Å². The van der Waals surface area contributed by atoms with Crippen LogP contribution in [-0.2, 0) is 4.79 Å². The van der Waals surface area contributed by atoms with Gasteiger partial charge < -0.3 is 10.1 Å². The minimum Gasteiger partial charge on any atom is -0.494 e. The van der Waals surface area contributed by atoms with Crippen molar-refractivity contribution in [2.45, 2.75) is 13.3 Å². The van der Waals surface area contributed by atoms with Crippen LogP contribution in [0.2, 0.25) is 5.02 Å². The van der Waals surface area contributed by atoms with Crippen LogP contribution in [0, 0.1) is 0 Å². The lowest BCUT2D eigenvalue weighted by Crippen LogP contribution is -2.32. The van der Waals surface area contributed by atoms with Crippen LogP contribution >= 0.6 is 23.8 Å². The fraction of sp³-hybridized carbons (Fsp3) is 0.158. The maximum Gasteiger partial charge on any atom is 0.250 e. The van der Waals surface area contributed by atoms with E-state index in [9.17, 15) is 4.79 Å². The Balaban J connectivity index is 1.85. The molecule has 0 saturated carbocycles. The topological polar surface area (TPSA) is 50.4 Å². The van der Waals surface area contributed by atoms with E-state index in [0.717, 1.165) is 23.4 Å². The number of hydrogen-bond donors (Lipinski definition) is 2. The summed E-state index contributed by atoms with van der Waals surface area (Å²) in [6.45, 7) is 2.73. The largest absolute Gasteiger partial charge is 0.494 e. The van der Waals surface area contributed by atoms with Crippen molar-refractivity contribution in [3.8, 4) is 5.75 Å². The standard InChI is InChI=1S/C19H19ClN2O2S/c1-2-13-24-16-10-8-15(9-11-16)21-19(25)22-18(23)12-7-14-5-3-4-6-17(14)20/h3-12H,2,13H2,1H3,(H2,21,22,23,25)/b12-7+. The van der Waals surface area contributed by atoms with Gasteiger partial charge >= 0.3 is 0 Å². The summed E-state index contributed by atoms with van der Waals surface area (Å²) in [6, 6.07) is 14.6. The SMILES string of the molecule is CCCOc1ccc(NC(=S)NC(=O)/C=C/c2ccccc2Cl)cc1. The van der Waals surface area contributed by atoms with Crippen LogP contribution in [0.4, 0.5) is 5.69 Å². The van der Waals surface area contributed by atoms with Gasteiger partial charge in [-0.2, -0.15) is 0 Å². The lowest BCUT2D eigenvalue weighted by molar-refractivity contribution is -0.115. The van der Waals surface area contributed by atoms with E-state index in [1.54, 1.807) is 12.1 Å². The van der Waals surface area contributed by atoms with Crippen molar-refractivity contribution in [1.82, 2.24) is 5.32 Å². The first-order chi connectivity index (χ1) is 12.1. The molecule has 0 spiro atoms. The second-order valence-corrected chi connectivity index (χ2v) is 5.99. The summed E-state index contributed by atoms with van der Waals surface area (Å²) in [5.74, 6) is 0.463. The Morgan fingerprint density at radius 1 is 1.20 bits per heavy atom. The average molecular weight is 375 g/mol. The number of rotatable bonds is 6. The molecule has 2 aromatic rings.